The molecule has 2 unspecified atom stereocenters. The van der Waals surface area contributed by atoms with Crippen molar-refractivity contribution < 1.29 is 9.90 Å². The molecular formula is C16H24N2O2. The summed E-state index contributed by atoms with van der Waals surface area (Å²) in [5.74, 6) is 0.439. The maximum Gasteiger partial charge on any atom is 0.237 e. The number of phenolic OH excluding ortho intramolecular Hbond substituents is 1. The summed E-state index contributed by atoms with van der Waals surface area (Å²) >= 11 is 0. The average Bonchev–Trinajstić information content (AvgIpc) is 2.64. The van der Waals surface area contributed by atoms with Crippen LogP contribution < -0.4 is 10.6 Å². The Hall–Kier alpha value is -1.55. The van der Waals surface area contributed by atoms with Crippen LogP contribution in [0.2, 0.25) is 0 Å². The highest BCUT2D eigenvalue weighted by atomic mass is 16.3. The van der Waals surface area contributed by atoms with Crippen LogP contribution in [0.25, 0.3) is 0 Å². The molecule has 2 atom stereocenters. The fourth-order valence-electron chi connectivity index (χ4n) is 2.57. The van der Waals surface area contributed by atoms with Gasteiger partial charge in [0.15, 0.2) is 0 Å². The fraction of sp³-hybridized carbons (Fsp3) is 0.562. The van der Waals surface area contributed by atoms with E-state index in [0.29, 0.717) is 11.8 Å². The molecular weight excluding hydrogens is 252 g/mol. The minimum Gasteiger partial charge on any atom is -0.508 e. The molecule has 20 heavy (non-hydrogen) atoms. The standard InChI is InChI=1S/C16H24N2O2/c1-12(5-6-13-7-9-14(19)10-8-13)18-15-4-2-3-11-17-16(15)20/h7-10,12,15,18-19H,2-6,11H2,1H3,(H,17,20). The highest BCUT2D eigenvalue weighted by Gasteiger charge is 2.21. The molecule has 0 saturated carbocycles. The van der Waals surface area contributed by atoms with Gasteiger partial charge in [0.25, 0.3) is 0 Å². The van der Waals surface area contributed by atoms with Crippen LogP contribution in [-0.4, -0.2) is 29.6 Å². The number of hydrogen-bond donors (Lipinski definition) is 3. The summed E-state index contributed by atoms with van der Waals surface area (Å²) in [6.45, 7) is 2.93. The molecule has 0 bridgehead atoms. The lowest BCUT2D eigenvalue weighted by atomic mass is 10.0. The summed E-state index contributed by atoms with van der Waals surface area (Å²) in [5.41, 5.74) is 1.21. The molecule has 1 aliphatic heterocycles. The van der Waals surface area contributed by atoms with Gasteiger partial charge in [-0.3, -0.25) is 4.79 Å². The Morgan fingerprint density at radius 3 is 2.85 bits per heavy atom. The third kappa shape index (κ3) is 4.53. The van der Waals surface area contributed by atoms with Gasteiger partial charge in [-0.2, -0.15) is 0 Å². The molecule has 1 aromatic rings. The number of aromatic hydroxyl groups is 1. The zero-order valence-corrected chi connectivity index (χ0v) is 12.1. The largest absolute Gasteiger partial charge is 0.508 e. The number of phenols is 1. The Bertz CT molecular complexity index is 431. The van der Waals surface area contributed by atoms with E-state index in [2.05, 4.69) is 17.6 Å². The number of amides is 1. The number of nitrogens with one attached hydrogen (secondary N) is 2. The first-order chi connectivity index (χ1) is 9.65. The van der Waals surface area contributed by atoms with E-state index in [9.17, 15) is 9.90 Å². The number of benzene rings is 1. The van der Waals surface area contributed by atoms with E-state index >= 15 is 0 Å². The van der Waals surface area contributed by atoms with Crippen LogP contribution in [0.15, 0.2) is 24.3 Å². The molecule has 0 radical (unpaired) electrons. The predicted molar refractivity (Wildman–Crippen MR) is 79.7 cm³/mol. The molecule has 110 valence electrons. The van der Waals surface area contributed by atoms with E-state index in [-0.39, 0.29) is 11.9 Å². The number of rotatable bonds is 5. The van der Waals surface area contributed by atoms with Crippen molar-refractivity contribution in [3.63, 3.8) is 0 Å². The normalized spacial score (nSPS) is 21.1. The summed E-state index contributed by atoms with van der Waals surface area (Å²) in [6, 6.07) is 7.57. The van der Waals surface area contributed by atoms with Gasteiger partial charge in [-0.15, -0.1) is 0 Å². The Morgan fingerprint density at radius 1 is 1.35 bits per heavy atom. The van der Waals surface area contributed by atoms with E-state index < -0.39 is 0 Å². The number of aryl methyl sites for hydroxylation is 1. The lowest BCUT2D eigenvalue weighted by Crippen LogP contribution is -2.46. The molecule has 1 aromatic carbocycles. The number of carbonyl (C=O) groups excluding carboxylic acids is 1. The summed E-state index contributed by atoms with van der Waals surface area (Å²) in [6.07, 6.45) is 5.03. The van der Waals surface area contributed by atoms with Gasteiger partial charge in [0.2, 0.25) is 5.91 Å². The van der Waals surface area contributed by atoms with Crippen molar-refractivity contribution in [1.82, 2.24) is 10.6 Å². The maximum atomic E-state index is 11.9. The van der Waals surface area contributed by atoms with Gasteiger partial charge in [0.1, 0.15) is 5.75 Å². The van der Waals surface area contributed by atoms with E-state index in [1.165, 1.54) is 5.56 Å². The van der Waals surface area contributed by atoms with Crippen LogP contribution in [0.5, 0.6) is 5.75 Å². The molecule has 1 fully saturated rings. The summed E-state index contributed by atoms with van der Waals surface area (Å²) in [4.78, 5) is 11.9. The SMILES string of the molecule is CC(CCc1ccc(O)cc1)NC1CCCCNC1=O. The van der Waals surface area contributed by atoms with Crippen molar-refractivity contribution in [2.45, 2.75) is 51.1 Å². The van der Waals surface area contributed by atoms with Crippen molar-refractivity contribution in [2.75, 3.05) is 6.54 Å². The lowest BCUT2D eigenvalue weighted by Gasteiger charge is -2.21. The lowest BCUT2D eigenvalue weighted by molar-refractivity contribution is -0.123. The molecule has 4 heteroatoms. The highest BCUT2D eigenvalue weighted by Crippen LogP contribution is 2.13. The summed E-state index contributed by atoms with van der Waals surface area (Å²) < 4.78 is 0. The molecule has 1 heterocycles. The third-order valence-electron chi connectivity index (χ3n) is 3.82. The van der Waals surface area contributed by atoms with Crippen LogP contribution >= 0.6 is 0 Å². The van der Waals surface area contributed by atoms with Gasteiger partial charge in [0.05, 0.1) is 6.04 Å². The first-order valence-electron chi connectivity index (χ1n) is 7.47. The van der Waals surface area contributed by atoms with E-state index in [4.69, 9.17) is 0 Å². The van der Waals surface area contributed by atoms with Crippen LogP contribution in [0.4, 0.5) is 0 Å². The van der Waals surface area contributed by atoms with Crippen molar-refractivity contribution in [3.05, 3.63) is 29.8 Å². The average molecular weight is 276 g/mol. The first-order valence-corrected chi connectivity index (χ1v) is 7.47. The highest BCUT2D eigenvalue weighted by molar-refractivity contribution is 5.81. The van der Waals surface area contributed by atoms with Gasteiger partial charge in [0, 0.05) is 12.6 Å². The molecule has 0 spiro atoms. The molecule has 0 aromatic heterocycles. The second-order valence-electron chi connectivity index (χ2n) is 5.61. The zero-order chi connectivity index (χ0) is 14.4. The molecule has 2 rings (SSSR count). The van der Waals surface area contributed by atoms with E-state index in [0.717, 1.165) is 38.6 Å². The van der Waals surface area contributed by atoms with E-state index in [1.807, 2.05) is 12.1 Å². The van der Waals surface area contributed by atoms with Crippen molar-refractivity contribution in [2.24, 2.45) is 0 Å². The Morgan fingerprint density at radius 2 is 2.10 bits per heavy atom. The third-order valence-corrected chi connectivity index (χ3v) is 3.82. The first kappa shape index (κ1) is 14.9. The second-order valence-corrected chi connectivity index (χ2v) is 5.61. The minimum atomic E-state index is -0.0488. The molecule has 4 nitrogen and oxygen atoms in total. The van der Waals surface area contributed by atoms with Crippen LogP contribution in [0, 0.1) is 0 Å². The Labute approximate surface area is 120 Å². The van der Waals surface area contributed by atoms with Gasteiger partial charge >= 0.3 is 0 Å². The van der Waals surface area contributed by atoms with Gasteiger partial charge in [-0.25, -0.2) is 0 Å². The quantitative estimate of drug-likeness (QED) is 0.770. The van der Waals surface area contributed by atoms with Crippen LogP contribution in [0.3, 0.4) is 0 Å². The minimum absolute atomic E-state index is 0.0488. The number of carbonyl (C=O) groups is 1. The molecule has 1 aliphatic rings. The zero-order valence-electron chi connectivity index (χ0n) is 12.1. The monoisotopic (exact) mass is 276 g/mol. The molecule has 1 amide bonds. The van der Waals surface area contributed by atoms with Crippen LogP contribution in [-0.2, 0) is 11.2 Å². The van der Waals surface area contributed by atoms with Crippen molar-refractivity contribution in [1.29, 1.82) is 0 Å². The van der Waals surface area contributed by atoms with Crippen LogP contribution in [0.1, 0.15) is 38.2 Å². The van der Waals surface area contributed by atoms with Gasteiger partial charge in [-0.1, -0.05) is 12.1 Å². The second kappa shape index (κ2) is 7.29. The molecule has 1 saturated heterocycles. The summed E-state index contributed by atoms with van der Waals surface area (Å²) in [7, 11) is 0. The topological polar surface area (TPSA) is 61.4 Å². The van der Waals surface area contributed by atoms with Gasteiger partial charge < -0.3 is 15.7 Å². The maximum absolute atomic E-state index is 11.9. The van der Waals surface area contributed by atoms with Crippen molar-refractivity contribution >= 4 is 5.91 Å². The predicted octanol–water partition coefficient (Wildman–Crippen LogP) is 1.97. The van der Waals surface area contributed by atoms with E-state index in [1.54, 1.807) is 12.1 Å². The fourth-order valence-corrected chi connectivity index (χ4v) is 2.57. The van der Waals surface area contributed by atoms with Gasteiger partial charge in [-0.05, 0) is 56.7 Å². The smallest absolute Gasteiger partial charge is 0.237 e. The Balaban J connectivity index is 1.78. The Kier molecular flexibility index (Phi) is 5.41. The number of hydrogen-bond acceptors (Lipinski definition) is 3. The van der Waals surface area contributed by atoms with Crippen molar-refractivity contribution in [3.8, 4) is 5.75 Å². The molecule has 0 aliphatic carbocycles. The molecule has 3 N–H and O–H groups in total. The summed E-state index contributed by atoms with van der Waals surface area (Å²) in [5, 5.41) is 15.6.